The second-order valence-corrected chi connectivity index (χ2v) is 7.37. The van der Waals surface area contributed by atoms with Crippen molar-refractivity contribution >= 4 is 17.7 Å². The molecule has 6 heteroatoms. The van der Waals surface area contributed by atoms with E-state index >= 15 is 0 Å². The zero-order valence-corrected chi connectivity index (χ0v) is 15.2. The molecule has 2 aromatic carbocycles. The van der Waals surface area contributed by atoms with Crippen LogP contribution < -0.4 is 0 Å². The fourth-order valence-electron chi connectivity index (χ4n) is 2.94. The number of hydrogen-bond acceptors (Lipinski definition) is 4. The number of thioether (sulfide) groups is 1. The summed E-state index contributed by atoms with van der Waals surface area (Å²) >= 11 is 1.66. The monoisotopic (exact) mass is 364 g/mol. The number of likely N-dealkylation sites (tertiary alicyclic amines) is 1. The van der Waals surface area contributed by atoms with Gasteiger partial charge in [-0.2, -0.15) is 0 Å². The van der Waals surface area contributed by atoms with E-state index in [-0.39, 0.29) is 11.9 Å². The van der Waals surface area contributed by atoms with Crippen LogP contribution in [0.3, 0.4) is 0 Å². The van der Waals surface area contributed by atoms with Gasteiger partial charge in [-0.1, -0.05) is 65.9 Å². The third-order valence-electron chi connectivity index (χ3n) is 4.51. The molecule has 0 spiro atoms. The van der Waals surface area contributed by atoms with Gasteiger partial charge in [0.15, 0.2) is 0 Å². The minimum absolute atomic E-state index is 0.200. The molecule has 0 saturated carbocycles. The second-order valence-electron chi connectivity index (χ2n) is 6.38. The highest BCUT2D eigenvalue weighted by Gasteiger charge is 2.32. The minimum atomic E-state index is 0.200. The lowest BCUT2D eigenvalue weighted by Crippen LogP contribution is -2.51. The van der Waals surface area contributed by atoms with E-state index in [4.69, 9.17) is 0 Å². The Morgan fingerprint density at radius 2 is 1.73 bits per heavy atom. The van der Waals surface area contributed by atoms with E-state index in [9.17, 15) is 4.79 Å². The maximum atomic E-state index is 12.3. The van der Waals surface area contributed by atoms with Crippen molar-refractivity contribution in [1.82, 2.24) is 19.9 Å². The van der Waals surface area contributed by atoms with E-state index in [1.807, 2.05) is 64.3 Å². The summed E-state index contributed by atoms with van der Waals surface area (Å²) < 4.78 is 1.88. The van der Waals surface area contributed by atoms with Gasteiger partial charge in [-0.15, -0.1) is 16.9 Å². The molecule has 26 heavy (non-hydrogen) atoms. The van der Waals surface area contributed by atoms with Gasteiger partial charge in [0.1, 0.15) is 5.69 Å². The Balaban J connectivity index is 1.25. The number of aromatic nitrogens is 3. The van der Waals surface area contributed by atoms with Gasteiger partial charge in [-0.3, -0.25) is 4.79 Å². The first-order valence-corrected chi connectivity index (χ1v) is 9.82. The summed E-state index contributed by atoms with van der Waals surface area (Å²) in [6, 6.07) is 20.5. The molecule has 0 N–H and O–H groups in total. The number of carbonyl (C=O) groups excluding carboxylic acids is 1. The van der Waals surface area contributed by atoms with Crippen molar-refractivity contribution in [3.8, 4) is 11.3 Å². The summed E-state index contributed by atoms with van der Waals surface area (Å²) in [5.41, 5.74) is 3.18. The lowest BCUT2D eigenvalue weighted by molar-refractivity contribution is -0.134. The van der Waals surface area contributed by atoms with Crippen molar-refractivity contribution < 1.29 is 4.79 Å². The van der Waals surface area contributed by atoms with Crippen LogP contribution in [0.15, 0.2) is 66.9 Å². The van der Waals surface area contributed by atoms with Crippen molar-refractivity contribution in [3.63, 3.8) is 0 Å². The molecular weight excluding hydrogens is 344 g/mol. The first-order chi connectivity index (χ1) is 12.8. The van der Waals surface area contributed by atoms with Crippen LogP contribution in [-0.4, -0.2) is 44.6 Å². The van der Waals surface area contributed by atoms with Gasteiger partial charge in [0.25, 0.3) is 0 Å². The zero-order valence-electron chi connectivity index (χ0n) is 14.4. The Bertz CT molecular complexity index is 860. The van der Waals surface area contributed by atoms with E-state index in [2.05, 4.69) is 22.4 Å². The molecule has 0 radical (unpaired) electrons. The maximum Gasteiger partial charge on any atom is 0.232 e. The summed E-state index contributed by atoms with van der Waals surface area (Å²) in [6.45, 7) is 1.42. The Labute approximate surface area is 157 Å². The molecule has 1 aliphatic rings. The van der Waals surface area contributed by atoms with E-state index in [1.165, 1.54) is 5.56 Å². The summed E-state index contributed by atoms with van der Waals surface area (Å²) in [5.74, 6) is 1.59. The van der Waals surface area contributed by atoms with Crippen LogP contribution in [0.2, 0.25) is 0 Å². The number of rotatable bonds is 6. The summed E-state index contributed by atoms with van der Waals surface area (Å²) in [6.07, 6.45) is 1.96. The van der Waals surface area contributed by atoms with Crippen molar-refractivity contribution in [3.05, 3.63) is 72.4 Å². The van der Waals surface area contributed by atoms with Crippen molar-refractivity contribution in [2.75, 3.05) is 18.8 Å². The van der Waals surface area contributed by atoms with Crippen LogP contribution in [0, 0.1) is 0 Å². The van der Waals surface area contributed by atoms with Gasteiger partial charge in [0.2, 0.25) is 5.91 Å². The summed E-state index contributed by atoms with van der Waals surface area (Å²) in [5, 5.41) is 8.48. The SMILES string of the molecule is O=C(CSCc1ccccc1)N1CC(n2cc(-c3ccccc3)nn2)C1. The van der Waals surface area contributed by atoms with E-state index in [0.717, 1.165) is 17.0 Å². The fourth-order valence-corrected chi connectivity index (χ4v) is 3.83. The molecule has 132 valence electrons. The third kappa shape index (κ3) is 3.80. The van der Waals surface area contributed by atoms with Crippen molar-refractivity contribution in [1.29, 1.82) is 0 Å². The van der Waals surface area contributed by atoms with E-state index in [1.54, 1.807) is 11.8 Å². The lowest BCUT2D eigenvalue weighted by Gasteiger charge is -2.38. The highest BCUT2D eigenvalue weighted by molar-refractivity contribution is 7.99. The minimum Gasteiger partial charge on any atom is -0.338 e. The summed E-state index contributed by atoms with van der Waals surface area (Å²) in [4.78, 5) is 14.2. The molecular formula is C20H20N4OS. The quantitative estimate of drug-likeness (QED) is 0.674. The molecule has 2 heterocycles. The molecule has 4 rings (SSSR count). The Hall–Kier alpha value is -2.60. The topological polar surface area (TPSA) is 51.0 Å². The normalized spacial score (nSPS) is 14.2. The van der Waals surface area contributed by atoms with Gasteiger partial charge in [-0.25, -0.2) is 4.68 Å². The Kier molecular flexibility index (Phi) is 5.02. The largest absolute Gasteiger partial charge is 0.338 e. The summed E-state index contributed by atoms with van der Waals surface area (Å²) in [7, 11) is 0. The fraction of sp³-hybridized carbons (Fsp3) is 0.250. The molecule has 0 aliphatic carbocycles. The van der Waals surface area contributed by atoms with Gasteiger partial charge < -0.3 is 4.90 Å². The Morgan fingerprint density at radius 1 is 1.04 bits per heavy atom. The highest BCUT2D eigenvalue weighted by Crippen LogP contribution is 2.24. The molecule has 1 aliphatic heterocycles. The molecule has 0 atom stereocenters. The van der Waals surface area contributed by atoms with Crippen LogP contribution in [-0.2, 0) is 10.5 Å². The average molecular weight is 364 g/mol. The van der Waals surface area contributed by atoms with Crippen LogP contribution in [0.25, 0.3) is 11.3 Å². The molecule has 3 aromatic rings. The van der Waals surface area contributed by atoms with Gasteiger partial charge >= 0.3 is 0 Å². The van der Waals surface area contributed by atoms with E-state index in [0.29, 0.717) is 18.8 Å². The number of nitrogens with zero attached hydrogens (tertiary/aromatic N) is 4. The molecule has 1 aromatic heterocycles. The van der Waals surface area contributed by atoms with Crippen LogP contribution in [0.4, 0.5) is 0 Å². The van der Waals surface area contributed by atoms with E-state index < -0.39 is 0 Å². The zero-order chi connectivity index (χ0) is 17.8. The first kappa shape index (κ1) is 16.8. The molecule has 1 saturated heterocycles. The molecule has 5 nitrogen and oxygen atoms in total. The number of carbonyl (C=O) groups is 1. The van der Waals surface area contributed by atoms with Crippen LogP contribution in [0.1, 0.15) is 11.6 Å². The number of benzene rings is 2. The predicted octanol–water partition coefficient (Wildman–Crippen LogP) is 3.26. The van der Waals surface area contributed by atoms with Crippen molar-refractivity contribution in [2.45, 2.75) is 11.8 Å². The van der Waals surface area contributed by atoms with Gasteiger partial charge in [0, 0.05) is 24.4 Å². The third-order valence-corrected chi connectivity index (χ3v) is 5.49. The number of hydrogen-bond donors (Lipinski definition) is 0. The molecule has 0 bridgehead atoms. The average Bonchev–Trinajstić information content (AvgIpc) is 3.12. The van der Waals surface area contributed by atoms with Crippen LogP contribution in [0.5, 0.6) is 0 Å². The smallest absolute Gasteiger partial charge is 0.232 e. The molecule has 1 fully saturated rings. The first-order valence-electron chi connectivity index (χ1n) is 8.66. The predicted molar refractivity (Wildman–Crippen MR) is 104 cm³/mol. The Morgan fingerprint density at radius 3 is 2.46 bits per heavy atom. The second kappa shape index (κ2) is 7.74. The van der Waals surface area contributed by atoms with Crippen LogP contribution >= 0.6 is 11.8 Å². The van der Waals surface area contributed by atoms with Gasteiger partial charge in [-0.05, 0) is 5.56 Å². The highest BCUT2D eigenvalue weighted by atomic mass is 32.2. The van der Waals surface area contributed by atoms with Gasteiger partial charge in [0.05, 0.1) is 18.0 Å². The lowest BCUT2D eigenvalue weighted by atomic mass is 10.1. The number of amides is 1. The van der Waals surface area contributed by atoms with Crippen molar-refractivity contribution in [2.24, 2.45) is 0 Å². The maximum absolute atomic E-state index is 12.3. The molecule has 1 amide bonds. The molecule has 0 unspecified atom stereocenters. The standard InChI is InChI=1S/C20H20N4OS/c25-20(15-26-14-16-7-3-1-4-8-16)23-11-18(12-23)24-13-19(21-22-24)17-9-5-2-6-10-17/h1-10,13,18H,11-12,14-15H2.